The van der Waals surface area contributed by atoms with Crippen molar-refractivity contribution in [1.82, 2.24) is 0 Å². The van der Waals surface area contributed by atoms with Gasteiger partial charge in [-0.1, -0.05) is 177 Å². The minimum Gasteiger partial charge on any atom is -0.288 e. The Morgan fingerprint density at radius 3 is 1.42 bits per heavy atom. The van der Waals surface area contributed by atoms with Gasteiger partial charge >= 0.3 is 0 Å². The monoisotopic (exact) mass is 870 g/mol. The minimum atomic E-state index is -0.211. The van der Waals surface area contributed by atoms with E-state index in [1.54, 1.807) is 0 Å². The van der Waals surface area contributed by atoms with Crippen molar-refractivity contribution in [1.29, 1.82) is 0 Å². The Bertz CT molecular complexity index is 3280. The van der Waals surface area contributed by atoms with Crippen LogP contribution in [-0.2, 0) is 37.1 Å². The fourth-order valence-corrected chi connectivity index (χ4v) is 9.31. The number of hydrogen-bond donors (Lipinski definition) is 0. The predicted octanol–water partition coefficient (Wildman–Crippen LogP) is 15.0. The van der Waals surface area contributed by atoms with Gasteiger partial charge in [-0.05, 0) is 131 Å². The van der Waals surface area contributed by atoms with Crippen LogP contribution >= 0.6 is 0 Å². The van der Waals surface area contributed by atoms with Gasteiger partial charge in [0.2, 0.25) is 0 Å². The Kier molecular flexibility index (Phi) is 11.4. The van der Waals surface area contributed by atoms with E-state index in [0.29, 0.717) is 12.5 Å². The van der Waals surface area contributed by atoms with E-state index in [2.05, 4.69) is 214 Å². The van der Waals surface area contributed by atoms with Gasteiger partial charge in [-0.3, -0.25) is 9.98 Å². The average molecular weight is 871 g/mol. The van der Waals surface area contributed by atoms with Gasteiger partial charge in [0.1, 0.15) is 0 Å². The molecular weight excluding hydrogens is 827 g/mol. The molecule has 4 heteroatoms. The SMILES string of the molecule is CC1C=CC(C2(C)C=CC(c3ccc4c(-c5ccc(-c6ccc7ccccc7c6)cc5)c5ccccc5c(-c5ccc(-c6ccc7ccccc7c6)cc5)c4c3)=NC2)=NC1.[V].[V]. The molecule has 2 nitrogen and oxygen atoms in total. The second-order valence-corrected chi connectivity index (χ2v) is 16.8. The van der Waals surface area contributed by atoms with Crippen LogP contribution in [0.5, 0.6) is 0 Å². The summed E-state index contributed by atoms with van der Waals surface area (Å²) in [6.45, 7) is 5.98. The first-order valence-corrected chi connectivity index (χ1v) is 21.1. The second-order valence-electron chi connectivity index (χ2n) is 16.8. The summed E-state index contributed by atoms with van der Waals surface area (Å²) in [6, 6.07) is 64.9. The average Bonchev–Trinajstić information content (AvgIpc) is 3.31. The molecule has 0 N–H and O–H groups in total. The topological polar surface area (TPSA) is 24.7 Å². The van der Waals surface area contributed by atoms with Crippen LogP contribution in [0, 0.1) is 11.3 Å². The Labute approximate surface area is 387 Å². The molecule has 2 unspecified atom stereocenters. The molecule has 62 heavy (non-hydrogen) atoms. The summed E-state index contributed by atoms with van der Waals surface area (Å²) in [5.74, 6) is 0.481. The first-order chi connectivity index (χ1) is 29.5. The van der Waals surface area contributed by atoms with Crippen molar-refractivity contribution in [2.75, 3.05) is 13.1 Å². The van der Waals surface area contributed by atoms with E-state index in [1.807, 2.05) is 0 Å². The largest absolute Gasteiger partial charge is 0.288 e. The van der Waals surface area contributed by atoms with E-state index in [4.69, 9.17) is 9.98 Å². The van der Waals surface area contributed by atoms with Crippen molar-refractivity contribution in [3.8, 4) is 44.5 Å². The fourth-order valence-electron chi connectivity index (χ4n) is 9.31. The molecule has 2 aliphatic heterocycles. The molecule has 0 spiro atoms. The molecular formula is C58H44N2V2. The van der Waals surface area contributed by atoms with Crippen LogP contribution in [-0.4, -0.2) is 24.5 Å². The van der Waals surface area contributed by atoms with Crippen LogP contribution in [0.15, 0.2) is 210 Å². The number of hydrogen-bond acceptors (Lipinski definition) is 2. The molecule has 0 bridgehead atoms. The molecule has 0 amide bonds. The predicted molar refractivity (Wildman–Crippen MR) is 257 cm³/mol. The van der Waals surface area contributed by atoms with Crippen molar-refractivity contribution < 1.29 is 37.1 Å². The molecule has 9 aromatic rings. The van der Waals surface area contributed by atoms with E-state index in [1.165, 1.54) is 87.6 Å². The Morgan fingerprint density at radius 2 is 0.903 bits per heavy atom. The van der Waals surface area contributed by atoms with Gasteiger partial charge in [-0.25, -0.2) is 0 Å². The quantitative estimate of drug-likeness (QED) is 0.149. The van der Waals surface area contributed by atoms with Crippen molar-refractivity contribution >= 4 is 54.5 Å². The molecule has 0 aliphatic carbocycles. The van der Waals surface area contributed by atoms with Gasteiger partial charge in [-0.2, -0.15) is 0 Å². The smallest absolute Gasteiger partial charge is 0.0644 e. The molecule has 2 aliphatic rings. The Balaban J connectivity index is 0.00000245. The third kappa shape index (κ3) is 7.53. The summed E-state index contributed by atoms with van der Waals surface area (Å²) in [4.78, 5) is 10.2. The van der Waals surface area contributed by atoms with Crippen molar-refractivity contribution in [2.45, 2.75) is 13.8 Å². The van der Waals surface area contributed by atoms with Crippen molar-refractivity contribution in [2.24, 2.45) is 21.3 Å². The van der Waals surface area contributed by atoms with Crippen molar-refractivity contribution in [3.05, 3.63) is 206 Å². The summed E-state index contributed by atoms with van der Waals surface area (Å²) in [6.07, 6.45) is 9.00. The summed E-state index contributed by atoms with van der Waals surface area (Å²) in [5, 5.41) is 9.94. The molecule has 2 radical (unpaired) electrons. The van der Waals surface area contributed by atoms with E-state index in [-0.39, 0.29) is 42.5 Å². The van der Waals surface area contributed by atoms with Crippen LogP contribution in [0.3, 0.4) is 0 Å². The molecule has 0 saturated carbocycles. The van der Waals surface area contributed by atoms with E-state index in [9.17, 15) is 0 Å². The van der Waals surface area contributed by atoms with E-state index in [0.717, 1.165) is 23.5 Å². The Morgan fingerprint density at radius 1 is 0.435 bits per heavy atom. The first kappa shape index (κ1) is 41.4. The maximum atomic E-state index is 5.24. The zero-order valence-corrected chi connectivity index (χ0v) is 37.6. The number of benzene rings is 9. The van der Waals surface area contributed by atoms with Crippen LogP contribution in [0.1, 0.15) is 19.4 Å². The molecule has 296 valence electrons. The van der Waals surface area contributed by atoms with Crippen LogP contribution in [0.2, 0.25) is 0 Å². The molecule has 9 aromatic carbocycles. The summed E-state index contributed by atoms with van der Waals surface area (Å²) >= 11 is 0. The summed E-state index contributed by atoms with van der Waals surface area (Å²) in [7, 11) is 0. The third-order valence-electron chi connectivity index (χ3n) is 12.7. The normalized spacial score (nSPS) is 17.1. The summed E-state index contributed by atoms with van der Waals surface area (Å²) < 4.78 is 0. The van der Waals surface area contributed by atoms with E-state index < -0.39 is 0 Å². The van der Waals surface area contributed by atoms with E-state index >= 15 is 0 Å². The van der Waals surface area contributed by atoms with Crippen LogP contribution in [0.25, 0.3) is 87.6 Å². The second kappa shape index (κ2) is 17.1. The molecule has 2 atom stereocenters. The van der Waals surface area contributed by atoms with Crippen LogP contribution in [0.4, 0.5) is 0 Å². The molecule has 2 heterocycles. The third-order valence-corrected chi connectivity index (χ3v) is 12.7. The van der Waals surface area contributed by atoms with Crippen LogP contribution < -0.4 is 0 Å². The number of nitrogens with zero attached hydrogens (tertiary/aromatic N) is 2. The van der Waals surface area contributed by atoms with Gasteiger partial charge in [-0.15, -0.1) is 0 Å². The fraction of sp³-hybridized carbons (Fsp3) is 0.103. The first-order valence-electron chi connectivity index (χ1n) is 21.1. The van der Waals surface area contributed by atoms with Gasteiger partial charge < -0.3 is 0 Å². The number of rotatable bonds is 6. The maximum absolute atomic E-state index is 5.24. The van der Waals surface area contributed by atoms with Gasteiger partial charge in [0, 0.05) is 60.3 Å². The van der Waals surface area contributed by atoms with Gasteiger partial charge in [0.05, 0.1) is 12.3 Å². The molecule has 0 aromatic heterocycles. The maximum Gasteiger partial charge on any atom is 0.0644 e. The van der Waals surface area contributed by atoms with Crippen molar-refractivity contribution in [3.63, 3.8) is 0 Å². The minimum absolute atomic E-state index is 0. The molecule has 11 rings (SSSR count). The molecule has 0 saturated heterocycles. The number of dihydropyridines is 2. The van der Waals surface area contributed by atoms with Gasteiger partial charge in [0.25, 0.3) is 0 Å². The zero-order chi connectivity index (χ0) is 40.2. The van der Waals surface area contributed by atoms with Gasteiger partial charge in [0.15, 0.2) is 0 Å². The Hall–Kier alpha value is -5.99. The summed E-state index contributed by atoms with van der Waals surface area (Å²) in [5.41, 5.74) is 12.8. The standard InChI is InChI=1S/C58H44N2.2V/c1-38-15-30-55(59-36-38)58(2)32-31-54(60-37-58)49-28-29-52-53(35-49)57(44-24-18-42(19-25-44)48-27-21-40-10-4-6-12-46(40)34-48)51-14-8-7-13-50(51)56(52)43-22-16-41(17-23-43)47-26-20-39-9-3-5-11-45(39)33-47;;/h3-35,38H,36-37H2,1-2H3;;. The molecule has 0 fully saturated rings. The number of fused-ring (bicyclic) bond motifs is 4. The number of allylic oxidation sites excluding steroid dienone is 2. The zero-order valence-electron chi connectivity index (χ0n) is 34.8. The number of aliphatic imine (C=N–C) groups is 2.